The van der Waals surface area contributed by atoms with E-state index in [1.54, 1.807) is 0 Å². The fourth-order valence-electron chi connectivity index (χ4n) is 2.44. The van der Waals surface area contributed by atoms with Crippen molar-refractivity contribution < 1.29 is 9.84 Å². The summed E-state index contributed by atoms with van der Waals surface area (Å²) in [5.74, 6) is 0.827. The van der Waals surface area contributed by atoms with Crippen LogP contribution in [0.5, 0.6) is 5.75 Å². The van der Waals surface area contributed by atoms with Crippen LogP contribution in [-0.4, -0.2) is 5.11 Å². The Hall–Kier alpha value is -1.51. The number of halogens is 1. The lowest BCUT2D eigenvalue weighted by Crippen LogP contribution is -1.97. The number of hydrogen-bond donors (Lipinski definition) is 1. The first-order valence-corrected chi connectivity index (χ1v) is 6.79. The maximum atomic E-state index is 9.76. The number of aryl methyl sites for hydroxylation is 1. The molecule has 1 aliphatic rings. The largest absolute Gasteiger partial charge is 0.489 e. The summed E-state index contributed by atoms with van der Waals surface area (Å²) in [4.78, 5) is 0. The van der Waals surface area contributed by atoms with Crippen LogP contribution in [0, 0.1) is 0 Å². The molecule has 0 amide bonds. The van der Waals surface area contributed by atoms with Crippen LogP contribution >= 0.6 is 11.6 Å². The lowest BCUT2D eigenvalue weighted by Gasteiger charge is -2.10. The van der Waals surface area contributed by atoms with Gasteiger partial charge in [-0.3, -0.25) is 0 Å². The lowest BCUT2D eigenvalue weighted by atomic mass is 10.1. The highest BCUT2D eigenvalue weighted by Gasteiger charge is 2.20. The van der Waals surface area contributed by atoms with Crippen LogP contribution in [-0.2, 0) is 13.0 Å². The third-order valence-corrected chi connectivity index (χ3v) is 3.88. The van der Waals surface area contributed by atoms with Gasteiger partial charge in [0.15, 0.2) is 0 Å². The smallest absolute Gasteiger partial charge is 0.120 e. The average molecular weight is 275 g/mol. The third kappa shape index (κ3) is 2.60. The molecule has 0 saturated heterocycles. The van der Waals surface area contributed by atoms with Gasteiger partial charge in [-0.2, -0.15) is 0 Å². The molecule has 0 fully saturated rings. The summed E-state index contributed by atoms with van der Waals surface area (Å²) < 4.78 is 5.77. The monoisotopic (exact) mass is 274 g/mol. The Bertz CT molecular complexity index is 595. The molecule has 98 valence electrons. The molecule has 0 aliphatic heterocycles. The summed E-state index contributed by atoms with van der Waals surface area (Å²) in [6.07, 6.45) is 1.41. The molecule has 3 rings (SSSR count). The maximum absolute atomic E-state index is 9.76. The first-order chi connectivity index (χ1) is 9.24. The Kier molecular flexibility index (Phi) is 3.45. The highest BCUT2D eigenvalue weighted by atomic mass is 35.5. The van der Waals surface area contributed by atoms with Crippen LogP contribution in [0.4, 0.5) is 0 Å². The van der Waals surface area contributed by atoms with E-state index < -0.39 is 0 Å². The molecule has 1 aliphatic carbocycles. The van der Waals surface area contributed by atoms with E-state index in [9.17, 15) is 5.11 Å². The van der Waals surface area contributed by atoms with Gasteiger partial charge < -0.3 is 9.84 Å². The number of rotatable bonds is 3. The van der Waals surface area contributed by atoms with Crippen molar-refractivity contribution >= 4 is 11.6 Å². The van der Waals surface area contributed by atoms with Gasteiger partial charge in [0.2, 0.25) is 0 Å². The molecular weight excluding hydrogens is 260 g/mol. The van der Waals surface area contributed by atoms with E-state index in [2.05, 4.69) is 0 Å². The predicted molar refractivity (Wildman–Crippen MR) is 75.5 cm³/mol. The van der Waals surface area contributed by atoms with Crippen molar-refractivity contribution in [3.63, 3.8) is 0 Å². The van der Waals surface area contributed by atoms with E-state index in [1.165, 1.54) is 5.56 Å². The number of aliphatic hydroxyl groups is 1. The Morgan fingerprint density at radius 1 is 1.21 bits per heavy atom. The van der Waals surface area contributed by atoms with Gasteiger partial charge in [0.1, 0.15) is 12.4 Å². The van der Waals surface area contributed by atoms with Crippen LogP contribution < -0.4 is 4.74 Å². The Morgan fingerprint density at radius 3 is 2.89 bits per heavy atom. The van der Waals surface area contributed by atoms with Crippen LogP contribution in [0.3, 0.4) is 0 Å². The molecule has 2 aromatic rings. The molecular formula is C16H15ClO2. The second kappa shape index (κ2) is 5.24. The zero-order valence-corrected chi connectivity index (χ0v) is 11.2. The molecule has 0 radical (unpaired) electrons. The maximum Gasteiger partial charge on any atom is 0.120 e. The highest BCUT2D eigenvalue weighted by molar-refractivity contribution is 6.31. The van der Waals surface area contributed by atoms with Gasteiger partial charge in [-0.1, -0.05) is 35.9 Å². The van der Waals surface area contributed by atoms with Gasteiger partial charge in [0.05, 0.1) is 6.10 Å². The fourth-order valence-corrected chi connectivity index (χ4v) is 2.63. The topological polar surface area (TPSA) is 29.5 Å². The van der Waals surface area contributed by atoms with Gasteiger partial charge >= 0.3 is 0 Å². The molecule has 0 aromatic heterocycles. The molecule has 0 heterocycles. The number of aliphatic hydroxyl groups excluding tert-OH is 1. The summed E-state index contributed by atoms with van der Waals surface area (Å²) in [6, 6.07) is 13.5. The van der Waals surface area contributed by atoms with Crippen molar-refractivity contribution in [1.29, 1.82) is 0 Å². The summed E-state index contributed by atoms with van der Waals surface area (Å²) >= 11 is 6.09. The van der Waals surface area contributed by atoms with Gasteiger partial charge in [0.25, 0.3) is 0 Å². The molecule has 0 bridgehead atoms. The molecule has 1 N–H and O–H groups in total. The van der Waals surface area contributed by atoms with Crippen molar-refractivity contribution in [2.24, 2.45) is 0 Å². The molecule has 2 nitrogen and oxygen atoms in total. The van der Waals surface area contributed by atoms with Gasteiger partial charge in [-0.25, -0.2) is 0 Å². The second-order valence-electron chi connectivity index (χ2n) is 4.80. The molecule has 1 atom stereocenters. The first-order valence-electron chi connectivity index (χ1n) is 6.41. The summed E-state index contributed by atoms with van der Waals surface area (Å²) in [7, 11) is 0. The summed E-state index contributed by atoms with van der Waals surface area (Å²) in [5.41, 5.74) is 3.19. The molecule has 2 aromatic carbocycles. The van der Waals surface area contributed by atoms with Crippen molar-refractivity contribution in [2.45, 2.75) is 25.6 Å². The molecule has 19 heavy (non-hydrogen) atoms. The van der Waals surface area contributed by atoms with Crippen molar-refractivity contribution in [1.82, 2.24) is 0 Å². The van der Waals surface area contributed by atoms with E-state index in [0.717, 1.165) is 34.7 Å². The van der Waals surface area contributed by atoms with E-state index >= 15 is 0 Å². The number of ether oxygens (including phenoxy) is 1. The fraction of sp³-hybridized carbons (Fsp3) is 0.250. The van der Waals surface area contributed by atoms with Crippen molar-refractivity contribution in [2.75, 3.05) is 0 Å². The van der Waals surface area contributed by atoms with E-state index in [-0.39, 0.29) is 6.10 Å². The Labute approximate surface area is 117 Å². The van der Waals surface area contributed by atoms with Gasteiger partial charge in [0, 0.05) is 10.6 Å². The lowest BCUT2D eigenvalue weighted by molar-refractivity contribution is 0.180. The minimum Gasteiger partial charge on any atom is -0.489 e. The molecule has 0 unspecified atom stereocenters. The van der Waals surface area contributed by atoms with Crippen LogP contribution in [0.25, 0.3) is 0 Å². The van der Waals surface area contributed by atoms with Crippen molar-refractivity contribution in [3.05, 3.63) is 64.2 Å². The molecule has 3 heteroatoms. The van der Waals surface area contributed by atoms with Crippen LogP contribution in [0.1, 0.15) is 29.2 Å². The predicted octanol–water partition coefficient (Wildman–Crippen LogP) is 3.90. The van der Waals surface area contributed by atoms with Gasteiger partial charge in [-0.05, 0) is 42.2 Å². The van der Waals surface area contributed by atoms with Crippen molar-refractivity contribution in [3.8, 4) is 5.75 Å². The first kappa shape index (κ1) is 12.5. The quantitative estimate of drug-likeness (QED) is 0.920. The normalized spacial score (nSPS) is 17.3. The zero-order chi connectivity index (χ0) is 13.2. The number of benzene rings is 2. The third-order valence-electron chi connectivity index (χ3n) is 3.51. The van der Waals surface area contributed by atoms with Gasteiger partial charge in [-0.15, -0.1) is 0 Å². The Balaban J connectivity index is 1.73. The summed E-state index contributed by atoms with van der Waals surface area (Å²) in [6.45, 7) is 0.459. The average Bonchev–Trinajstić information content (AvgIpc) is 2.79. The number of hydrogen-bond acceptors (Lipinski definition) is 2. The Morgan fingerprint density at radius 2 is 2.05 bits per heavy atom. The second-order valence-corrected chi connectivity index (χ2v) is 5.20. The number of fused-ring (bicyclic) bond motifs is 1. The van der Waals surface area contributed by atoms with Crippen LogP contribution in [0.15, 0.2) is 42.5 Å². The standard InChI is InChI=1S/C16H15ClO2/c17-15-4-2-1-3-12(15)10-19-13-6-7-14-11(9-13)5-8-16(14)18/h1-4,6-7,9,16,18H,5,8,10H2/t16-/m1/s1. The summed E-state index contributed by atoms with van der Waals surface area (Å²) in [5, 5.41) is 10.5. The van der Waals surface area contributed by atoms with E-state index in [0.29, 0.717) is 6.61 Å². The van der Waals surface area contributed by atoms with Crippen LogP contribution in [0.2, 0.25) is 5.02 Å². The minimum absolute atomic E-state index is 0.312. The minimum atomic E-state index is -0.312. The SMILES string of the molecule is O[C@@H]1CCc2cc(OCc3ccccc3Cl)ccc21. The van der Waals surface area contributed by atoms with E-state index in [1.807, 2.05) is 42.5 Å². The molecule has 0 saturated carbocycles. The molecule has 0 spiro atoms. The van der Waals surface area contributed by atoms with E-state index in [4.69, 9.17) is 16.3 Å². The zero-order valence-electron chi connectivity index (χ0n) is 10.5. The highest BCUT2D eigenvalue weighted by Crippen LogP contribution is 2.33.